The van der Waals surface area contributed by atoms with Crippen molar-refractivity contribution in [1.29, 1.82) is 0 Å². The minimum atomic E-state index is 0.551. The van der Waals surface area contributed by atoms with Gasteiger partial charge >= 0.3 is 0 Å². The summed E-state index contributed by atoms with van der Waals surface area (Å²) < 4.78 is 5.68. The first-order valence-corrected chi connectivity index (χ1v) is 5.75. The lowest BCUT2D eigenvalue weighted by Crippen LogP contribution is -2.19. The van der Waals surface area contributed by atoms with Gasteiger partial charge in [-0.05, 0) is 30.6 Å². The number of ether oxygens (including phenoxy) is 1. The Balaban J connectivity index is 1.85. The molecule has 0 radical (unpaired) electrons. The monoisotopic (exact) mass is 184 g/mol. The van der Waals surface area contributed by atoms with Gasteiger partial charge in [0.2, 0.25) is 0 Å². The Kier molecular flexibility index (Phi) is 2.76. The maximum Gasteiger partial charge on any atom is 0.0700 e. The van der Waals surface area contributed by atoms with E-state index in [1.165, 1.54) is 25.7 Å². The van der Waals surface area contributed by atoms with Gasteiger partial charge in [-0.2, -0.15) is 0 Å². The molecule has 2 rings (SSSR count). The number of thioether (sulfide) groups is 1. The van der Waals surface area contributed by atoms with E-state index >= 15 is 0 Å². The van der Waals surface area contributed by atoms with E-state index in [2.05, 4.69) is 13.0 Å². The summed E-state index contributed by atoms with van der Waals surface area (Å²) in [6, 6.07) is 0. The molecule has 0 saturated carbocycles. The van der Waals surface area contributed by atoms with Gasteiger partial charge in [-0.15, -0.1) is 11.8 Å². The average Bonchev–Trinajstić information content (AvgIpc) is 2.75. The minimum absolute atomic E-state index is 0.551. The molecule has 1 nitrogen and oxygen atoms in total. The third-order valence-corrected chi connectivity index (χ3v) is 4.17. The smallest absolute Gasteiger partial charge is 0.0700 e. The summed E-state index contributed by atoms with van der Waals surface area (Å²) in [7, 11) is 0. The van der Waals surface area contributed by atoms with Gasteiger partial charge in [0.1, 0.15) is 0 Å². The standard InChI is InChI=1S/C10H16OS/c1-2-8-5-6-10(12-8)9-4-3-7-11-9/h5,9-10H,2-4,6-7H2,1H3. The van der Waals surface area contributed by atoms with Gasteiger partial charge in [-0.1, -0.05) is 13.0 Å². The van der Waals surface area contributed by atoms with E-state index in [-0.39, 0.29) is 0 Å². The molecule has 0 aromatic carbocycles. The molecule has 0 aromatic heterocycles. The Morgan fingerprint density at radius 2 is 2.58 bits per heavy atom. The molecule has 0 N–H and O–H groups in total. The van der Waals surface area contributed by atoms with Crippen LogP contribution >= 0.6 is 11.8 Å². The number of rotatable bonds is 2. The van der Waals surface area contributed by atoms with Gasteiger partial charge in [-0.3, -0.25) is 0 Å². The molecule has 0 aromatic rings. The first-order valence-electron chi connectivity index (χ1n) is 4.87. The highest BCUT2D eigenvalue weighted by molar-refractivity contribution is 8.03. The van der Waals surface area contributed by atoms with Crippen molar-refractivity contribution in [3.05, 3.63) is 11.0 Å². The molecule has 2 heterocycles. The quantitative estimate of drug-likeness (QED) is 0.652. The zero-order valence-corrected chi connectivity index (χ0v) is 8.40. The maximum atomic E-state index is 5.68. The third-order valence-electron chi connectivity index (χ3n) is 2.61. The molecule has 0 bridgehead atoms. The van der Waals surface area contributed by atoms with E-state index in [0.29, 0.717) is 6.10 Å². The highest BCUT2D eigenvalue weighted by atomic mass is 32.2. The summed E-state index contributed by atoms with van der Waals surface area (Å²) in [6.45, 7) is 3.22. The molecule has 2 aliphatic rings. The molecule has 2 atom stereocenters. The van der Waals surface area contributed by atoms with Crippen molar-refractivity contribution in [3.8, 4) is 0 Å². The second kappa shape index (κ2) is 3.84. The normalized spacial score (nSPS) is 35.6. The van der Waals surface area contributed by atoms with Crippen LogP contribution in [0.25, 0.3) is 0 Å². The molecule has 2 heteroatoms. The van der Waals surface area contributed by atoms with E-state index in [9.17, 15) is 0 Å². The van der Waals surface area contributed by atoms with E-state index in [1.807, 2.05) is 11.8 Å². The summed E-state index contributed by atoms with van der Waals surface area (Å²) in [5.41, 5.74) is 0. The number of hydrogen-bond donors (Lipinski definition) is 0. The van der Waals surface area contributed by atoms with Crippen molar-refractivity contribution in [2.75, 3.05) is 6.61 Å². The number of hydrogen-bond acceptors (Lipinski definition) is 2. The average molecular weight is 184 g/mol. The first-order chi connectivity index (χ1) is 5.90. The summed E-state index contributed by atoms with van der Waals surface area (Å²) in [4.78, 5) is 1.57. The van der Waals surface area contributed by atoms with Crippen molar-refractivity contribution in [1.82, 2.24) is 0 Å². The Bertz CT molecular complexity index is 182. The Morgan fingerprint density at radius 3 is 3.17 bits per heavy atom. The van der Waals surface area contributed by atoms with Crippen LogP contribution in [-0.2, 0) is 4.74 Å². The SMILES string of the molecule is CCC1=CCC(C2CCCO2)S1. The fourth-order valence-corrected chi connectivity index (χ4v) is 3.20. The highest BCUT2D eigenvalue weighted by Crippen LogP contribution is 2.39. The van der Waals surface area contributed by atoms with Gasteiger partial charge in [-0.25, -0.2) is 0 Å². The molecule has 0 spiro atoms. The van der Waals surface area contributed by atoms with Gasteiger partial charge in [0, 0.05) is 11.9 Å². The van der Waals surface area contributed by atoms with Crippen LogP contribution in [0.2, 0.25) is 0 Å². The van der Waals surface area contributed by atoms with Crippen molar-refractivity contribution in [3.63, 3.8) is 0 Å². The van der Waals surface area contributed by atoms with E-state index in [1.54, 1.807) is 4.91 Å². The first kappa shape index (κ1) is 8.64. The zero-order chi connectivity index (χ0) is 8.39. The van der Waals surface area contributed by atoms with Gasteiger partial charge in [0.25, 0.3) is 0 Å². The van der Waals surface area contributed by atoms with E-state index in [4.69, 9.17) is 4.74 Å². The summed E-state index contributed by atoms with van der Waals surface area (Å²) in [6.07, 6.45) is 7.92. The molecule has 0 aliphatic carbocycles. The molecular weight excluding hydrogens is 168 g/mol. The summed E-state index contributed by atoms with van der Waals surface area (Å²) in [5.74, 6) is 0. The van der Waals surface area contributed by atoms with Crippen LogP contribution in [0.15, 0.2) is 11.0 Å². The summed E-state index contributed by atoms with van der Waals surface area (Å²) >= 11 is 2.04. The van der Waals surface area contributed by atoms with Gasteiger partial charge < -0.3 is 4.74 Å². The molecule has 12 heavy (non-hydrogen) atoms. The molecule has 2 unspecified atom stereocenters. The fourth-order valence-electron chi connectivity index (χ4n) is 1.89. The fraction of sp³-hybridized carbons (Fsp3) is 0.800. The Morgan fingerprint density at radius 1 is 1.67 bits per heavy atom. The van der Waals surface area contributed by atoms with Crippen LogP contribution in [0.1, 0.15) is 32.6 Å². The van der Waals surface area contributed by atoms with Crippen LogP contribution in [0.3, 0.4) is 0 Å². The predicted octanol–water partition coefficient (Wildman–Crippen LogP) is 2.96. The van der Waals surface area contributed by atoms with Gasteiger partial charge in [0.05, 0.1) is 6.10 Å². The minimum Gasteiger partial charge on any atom is -0.377 e. The second-order valence-corrected chi connectivity index (χ2v) is 4.83. The van der Waals surface area contributed by atoms with Crippen LogP contribution in [-0.4, -0.2) is 18.0 Å². The predicted molar refractivity (Wildman–Crippen MR) is 53.3 cm³/mol. The largest absolute Gasteiger partial charge is 0.377 e. The van der Waals surface area contributed by atoms with Crippen LogP contribution < -0.4 is 0 Å². The van der Waals surface area contributed by atoms with Crippen molar-refractivity contribution in [2.24, 2.45) is 0 Å². The lowest BCUT2D eigenvalue weighted by molar-refractivity contribution is 0.110. The topological polar surface area (TPSA) is 9.23 Å². The Labute approximate surface area is 78.6 Å². The van der Waals surface area contributed by atoms with E-state index in [0.717, 1.165) is 11.9 Å². The lowest BCUT2D eigenvalue weighted by Gasteiger charge is -2.16. The second-order valence-electron chi connectivity index (χ2n) is 3.47. The van der Waals surface area contributed by atoms with Crippen molar-refractivity contribution >= 4 is 11.8 Å². The van der Waals surface area contributed by atoms with Crippen molar-refractivity contribution < 1.29 is 4.74 Å². The number of allylic oxidation sites excluding steroid dienone is 2. The van der Waals surface area contributed by atoms with Crippen LogP contribution in [0.4, 0.5) is 0 Å². The lowest BCUT2D eigenvalue weighted by atomic mass is 10.1. The van der Waals surface area contributed by atoms with Crippen molar-refractivity contribution in [2.45, 2.75) is 44.0 Å². The highest BCUT2D eigenvalue weighted by Gasteiger charge is 2.29. The van der Waals surface area contributed by atoms with Crippen LogP contribution in [0, 0.1) is 0 Å². The molecule has 1 fully saturated rings. The molecule has 68 valence electrons. The maximum absolute atomic E-state index is 5.68. The molecular formula is C10H16OS. The third kappa shape index (κ3) is 1.69. The molecule has 0 amide bonds. The molecule has 2 aliphatic heterocycles. The van der Waals surface area contributed by atoms with Crippen LogP contribution in [0.5, 0.6) is 0 Å². The Hall–Kier alpha value is 0.0500. The van der Waals surface area contributed by atoms with Gasteiger partial charge in [0.15, 0.2) is 0 Å². The van der Waals surface area contributed by atoms with E-state index < -0.39 is 0 Å². The zero-order valence-electron chi connectivity index (χ0n) is 7.58. The summed E-state index contributed by atoms with van der Waals surface area (Å²) in [5, 5.41) is 0.738. The molecule has 1 saturated heterocycles.